The molecular weight excluding hydrogens is 212 g/mol. The predicted molar refractivity (Wildman–Crippen MR) is 67.9 cm³/mol. The molecule has 0 aromatic heterocycles. The summed E-state index contributed by atoms with van der Waals surface area (Å²) in [5.41, 5.74) is 1.41. The Bertz CT molecular complexity index is 354. The standard InChI is InChI=1S/C14H20N2O/c1-2-4-12(5-3-1)10-16-8-6-14-13(11-16)15-7-9-17-14/h1-5,13-15H,6-11H2/t13-,14+/m1/s1. The molecule has 2 aliphatic rings. The fourth-order valence-electron chi connectivity index (χ4n) is 2.83. The molecule has 0 unspecified atom stereocenters. The molecule has 0 radical (unpaired) electrons. The highest BCUT2D eigenvalue weighted by atomic mass is 16.5. The van der Waals surface area contributed by atoms with Crippen LogP contribution in [0.2, 0.25) is 0 Å². The molecule has 0 spiro atoms. The van der Waals surface area contributed by atoms with E-state index in [1.54, 1.807) is 0 Å². The number of morpholine rings is 1. The van der Waals surface area contributed by atoms with Gasteiger partial charge in [0, 0.05) is 32.2 Å². The zero-order valence-corrected chi connectivity index (χ0v) is 10.1. The average molecular weight is 232 g/mol. The number of rotatable bonds is 2. The predicted octanol–water partition coefficient (Wildman–Crippen LogP) is 1.25. The van der Waals surface area contributed by atoms with Crippen LogP contribution >= 0.6 is 0 Å². The van der Waals surface area contributed by atoms with Gasteiger partial charge in [-0.3, -0.25) is 4.90 Å². The van der Waals surface area contributed by atoms with Crippen molar-refractivity contribution in [3.8, 4) is 0 Å². The first-order valence-corrected chi connectivity index (χ1v) is 6.53. The molecular formula is C14H20N2O. The molecule has 0 aliphatic carbocycles. The van der Waals surface area contributed by atoms with Crippen LogP contribution in [0.15, 0.2) is 30.3 Å². The lowest BCUT2D eigenvalue weighted by molar-refractivity contribution is -0.0443. The van der Waals surface area contributed by atoms with Gasteiger partial charge in [0.15, 0.2) is 0 Å². The molecule has 92 valence electrons. The van der Waals surface area contributed by atoms with Crippen LogP contribution in [-0.4, -0.2) is 43.3 Å². The fourth-order valence-corrected chi connectivity index (χ4v) is 2.83. The Morgan fingerprint density at radius 3 is 3.06 bits per heavy atom. The number of hydrogen-bond donors (Lipinski definition) is 1. The smallest absolute Gasteiger partial charge is 0.0753 e. The van der Waals surface area contributed by atoms with Crippen LogP contribution < -0.4 is 5.32 Å². The van der Waals surface area contributed by atoms with E-state index in [2.05, 4.69) is 40.5 Å². The van der Waals surface area contributed by atoms with E-state index in [-0.39, 0.29) is 0 Å². The third-order valence-corrected chi connectivity index (χ3v) is 3.72. The number of piperidine rings is 1. The summed E-state index contributed by atoms with van der Waals surface area (Å²) < 4.78 is 5.79. The summed E-state index contributed by atoms with van der Waals surface area (Å²) in [6.07, 6.45) is 1.60. The van der Waals surface area contributed by atoms with E-state index in [4.69, 9.17) is 4.74 Å². The van der Waals surface area contributed by atoms with Crippen LogP contribution in [0.4, 0.5) is 0 Å². The quantitative estimate of drug-likeness (QED) is 0.830. The summed E-state index contributed by atoms with van der Waals surface area (Å²) >= 11 is 0. The molecule has 0 saturated carbocycles. The molecule has 1 N–H and O–H groups in total. The van der Waals surface area contributed by atoms with Crippen LogP contribution in [0.25, 0.3) is 0 Å². The SMILES string of the molecule is c1ccc(CN2CC[C@@H]3OCCN[C@@H]3C2)cc1. The van der Waals surface area contributed by atoms with Crippen molar-refractivity contribution in [2.24, 2.45) is 0 Å². The molecule has 2 saturated heterocycles. The van der Waals surface area contributed by atoms with Crippen molar-refractivity contribution < 1.29 is 4.74 Å². The number of fused-ring (bicyclic) bond motifs is 1. The molecule has 2 fully saturated rings. The number of nitrogens with zero attached hydrogens (tertiary/aromatic N) is 1. The second-order valence-electron chi connectivity index (χ2n) is 4.98. The van der Waals surface area contributed by atoms with Crippen LogP contribution in [0, 0.1) is 0 Å². The Balaban J connectivity index is 1.59. The van der Waals surface area contributed by atoms with Gasteiger partial charge in [0.2, 0.25) is 0 Å². The second-order valence-corrected chi connectivity index (χ2v) is 4.98. The number of nitrogens with one attached hydrogen (secondary N) is 1. The van der Waals surface area contributed by atoms with Crippen LogP contribution in [0.3, 0.4) is 0 Å². The van der Waals surface area contributed by atoms with Gasteiger partial charge >= 0.3 is 0 Å². The number of ether oxygens (including phenoxy) is 1. The van der Waals surface area contributed by atoms with E-state index < -0.39 is 0 Å². The minimum atomic E-state index is 0.441. The summed E-state index contributed by atoms with van der Waals surface area (Å²) in [5, 5.41) is 3.57. The van der Waals surface area contributed by atoms with Gasteiger partial charge in [0.25, 0.3) is 0 Å². The van der Waals surface area contributed by atoms with Gasteiger partial charge in [-0.25, -0.2) is 0 Å². The van der Waals surface area contributed by atoms with Gasteiger partial charge in [-0.05, 0) is 12.0 Å². The highest BCUT2D eigenvalue weighted by molar-refractivity contribution is 5.14. The summed E-state index contributed by atoms with van der Waals surface area (Å²) in [5.74, 6) is 0. The topological polar surface area (TPSA) is 24.5 Å². The van der Waals surface area contributed by atoms with Crippen molar-refractivity contribution in [1.29, 1.82) is 0 Å². The first-order chi connectivity index (χ1) is 8.42. The Morgan fingerprint density at radius 2 is 2.18 bits per heavy atom. The van der Waals surface area contributed by atoms with Gasteiger partial charge in [0.1, 0.15) is 0 Å². The van der Waals surface area contributed by atoms with E-state index in [1.165, 1.54) is 5.56 Å². The van der Waals surface area contributed by atoms with E-state index in [1.807, 2.05) is 0 Å². The molecule has 3 nitrogen and oxygen atoms in total. The molecule has 1 aromatic carbocycles. The lowest BCUT2D eigenvalue weighted by atomic mass is 10.00. The van der Waals surface area contributed by atoms with Crippen molar-refractivity contribution in [2.45, 2.75) is 25.1 Å². The van der Waals surface area contributed by atoms with Gasteiger partial charge in [0.05, 0.1) is 12.7 Å². The van der Waals surface area contributed by atoms with E-state index >= 15 is 0 Å². The number of hydrogen-bond acceptors (Lipinski definition) is 3. The molecule has 2 aliphatic heterocycles. The second kappa shape index (κ2) is 5.17. The molecule has 0 amide bonds. The Hall–Kier alpha value is -0.900. The van der Waals surface area contributed by atoms with Crippen molar-refractivity contribution in [1.82, 2.24) is 10.2 Å². The van der Waals surface area contributed by atoms with E-state index in [0.717, 1.165) is 39.2 Å². The lowest BCUT2D eigenvalue weighted by Gasteiger charge is -2.41. The molecule has 2 heterocycles. The third-order valence-electron chi connectivity index (χ3n) is 3.72. The monoisotopic (exact) mass is 232 g/mol. The normalized spacial score (nSPS) is 29.9. The van der Waals surface area contributed by atoms with Crippen LogP contribution in [0.1, 0.15) is 12.0 Å². The summed E-state index contributed by atoms with van der Waals surface area (Å²) in [6, 6.07) is 11.2. The molecule has 1 aromatic rings. The van der Waals surface area contributed by atoms with Gasteiger partial charge in [-0.2, -0.15) is 0 Å². The Labute approximate surface area is 103 Å². The lowest BCUT2D eigenvalue weighted by Crippen LogP contribution is -2.58. The molecule has 2 atom stereocenters. The van der Waals surface area contributed by atoms with Crippen molar-refractivity contribution in [2.75, 3.05) is 26.2 Å². The fraction of sp³-hybridized carbons (Fsp3) is 0.571. The van der Waals surface area contributed by atoms with Crippen LogP contribution in [-0.2, 0) is 11.3 Å². The Kier molecular flexibility index (Phi) is 3.41. The van der Waals surface area contributed by atoms with Gasteiger partial charge < -0.3 is 10.1 Å². The first kappa shape index (κ1) is 11.2. The Morgan fingerprint density at radius 1 is 1.29 bits per heavy atom. The average Bonchev–Trinajstić information content (AvgIpc) is 2.40. The first-order valence-electron chi connectivity index (χ1n) is 6.53. The molecule has 3 heteroatoms. The molecule has 3 rings (SSSR count). The van der Waals surface area contributed by atoms with Gasteiger partial charge in [-0.1, -0.05) is 30.3 Å². The van der Waals surface area contributed by atoms with Crippen molar-refractivity contribution in [3.63, 3.8) is 0 Å². The number of benzene rings is 1. The van der Waals surface area contributed by atoms with Crippen LogP contribution in [0.5, 0.6) is 0 Å². The van der Waals surface area contributed by atoms with Gasteiger partial charge in [-0.15, -0.1) is 0 Å². The van der Waals surface area contributed by atoms with E-state index in [0.29, 0.717) is 12.1 Å². The van der Waals surface area contributed by atoms with E-state index in [9.17, 15) is 0 Å². The summed E-state index contributed by atoms with van der Waals surface area (Å²) in [6.45, 7) is 5.20. The summed E-state index contributed by atoms with van der Waals surface area (Å²) in [4.78, 5) is 2.53. The maximum atomic E-state index is 5.79. The maximum absolute atomic E-state index is 5.79. The summed E-state index contributed by atoms with van der Waals surface area (Å²) in [7, 11) is 0. The third kappa shape index (κ3) is 2.68. The highest BCUT2D eigenvalue weighted by Gasteiger charge is 2.31. The minimum Gasteiger partial charge on any atom is -0.375 e. The zero-order valence-electron chi connectivity index (χ0n) is 10.1. The van der Waals surface area contributed by atoms with Crippen molar-refractivity contribution in [3.05, 3.63) is 35.9 Å². The molecule has 0 bridgehead atoms. The minimum absolute atomic E-state index is 0.441. The van der Waals surface area contributed by atoms with Crippen molar-refractivity contribution >= 4 is 0 Å². The number of likely N-dealkylation sites (tertiary alicyclic amines) is 1. The zero-order chi connectivity index (χ0) is 11.5. The maximum Gasteiger partial charge on any atom is 0.0753 e. The largest absolute Gasteiger partial charge is 0.375 e. The molecule has 17 heavy (non-hydrogen) atoms. The highest BCUT2D eigenvalue weighted by Crippen LogP contribution is 2.18.